The van der Waals surface area contributed by atoms with E-state index in [2.05, 4.69) is 35.3 Å². The number of benzene rings is 2. The molecule has 1 saturated heterocycles. The number of anilines is 1. The monoisotopic (exact) mass is 497 g/mol. The van der Waals surface area contributed by atoms with Gasteiger partial charge in [0.05, 0.1) is 11.2 Å². The van der Waals surface area contributed by atoms with Crippen LogP contribution in [0.2, 0.25) is 0 Å². The Morgan fingerprint density at radius 1 is 1.00 bits per heavy atom. The van der Waals surface area contributed by atoms with Gasteiger partial charge in [0.2, 0.25) is 0 Å². The van der Waals surface area contributed by atoms with Crippen molar-refractivity contribution in [2.24, 2.45) is 5.92 Å². The summed E-state index contributed by atoms with van der Waals surface area (Å²) in [6.07, 6.45) is 5.94. The number of pyridine rings is 1. The minimum absolute atomic E-state index is 0.351. The fraction of sp³-hybridized carbons (Fsp3) is 0.222. The van der Waals surface area contributed by atoms with Crippen molar-refractivity contribution in [1.29, 1.82) is 0 Å². The van der Waals surface area contributed by atoms with Crippen molar-refractivity contribution in [3.8, 4) is 22.5 Å². The third-order valence-electron chi connectivity index (χ3n) is 6.95. The Morgan fingerprint density at radius 2 is 1.78 bits per heavy atom. The maximum atomic E-state index is 11.3. The minimum Gasteiger partial charge on any atom is -0.760 e. The Morgan fingerprint density at radius 3 is 2.56 bits per heavy atom. The normalized spacial score (nSPS) is 16.0. The highest BCUT2D eigenvalue weighted by atomic mass is 32.2. The van der Waals surface area contributed by atoms with E-state index in [9.17, 15) is 8.76 Å². The molecule has 2 aromatic carbocycles. The number of nitrogen functional groups attached to an aromatic ring is 1. The maximum Gasteiger partial charge on any atom is 0.150 e. The van der Waals surface area contributed by atoms with E-state index in [0.717, 1.165) is 64.0 Å². The van der Waals surface area contributed by atoms with Crippen LogP contribution in [-0.4, -0.2) is 45.5 Å². The van der Waals surface area contributed by atoms with Crippen molar-refractivity contribution in [3.63, 3.8) is 0 Å². The van der Waals surface area contributed by atoms with Crippen LogP contribution >= 0.6 is 0 Å². The standard InChI is InChI=1S/C27H26N6O2S/c28-27-26-25(21-7-6-20-8-9-22(30-23(20)17-21)19-4-2-1-3-5-19)31-24(33(26)15-12-29-27)16-18-10-13-32(14-11-18)36(34)35/h1-9,12,15,17-18H,10-11,13-14,16H2,(H2,28,29)(H,34,35)/p-1. The smallest absolute Gasteiger partial charge is 0.150 e. The van der Waals surface area contributed by atoms with Crippen molar-refractivity contribution in [2.45, 2.75) is 19.3 Å². The summed E-state index contributed by atoms with van der Waals surface area (Å²) in [5, 5.41) is 1.05. The van der Waals surface area contributed by atoms with Gasteiger partial charge in [-0.15, -0.1) is 0 Å². The predicted octanol–water partition coefficient (Wildman–Crippen LogP) is 4.24. The van der Waals surface area contributed by atoms with Crippen LogP contribution in [0.4, 0.5) is 5.82 Å². The first-order chi connectivity index (χ1) is 17.6. The first kappa shape index (κ1) is 22.8. The van der Waals surface area contributed by atoms with Gasteiger partial charge in [0.25, 0.3) is 0 Å². The van der Waals surface area contributed by atoms with Crippen LogP contribution in [0, 0.1) is 5.92 Å². The molecule has 1 atom stereocenters. The third kappa shape index (κ3) is 4.26. The lowest BCUT2D eigenvalue weighted by Crippen LogP contribution is -2.35. The Labute approximate surface area is 211 Å². The van der Waals surface area contributed by atoms with Gasteiger partial charge in [-0.25, -0.2) is 19.3 Å². The molecule has 9 heteroatoms. The Bertz CT molecular complexity index is 1580. The number of piperidine rings is 1. The molecule has 36 heavy (non-hydrogen) atoms. The average Bonchev–Trinajstić information content (AvgIpc) is 3.28. The van der Waals surface area contributed by atoms with Gasteiger partial charge in [-0.3, -0.25) is 8.61 Å². The van der Waals surface area contributed by atoms with Crippen LogP contribution in [0.15, 0.2) is 73.1 Å². The summed E-state index contributed by atoms with van der Waals surface area (Å²) < 4.78 is 26.0. The molecule has 1 aliphatic heterocycles. The first-order valence-electron chi connectivity index (χ1n) is 12.0. The van der Waals surface area contributed by atoms with Gasteiger partial charge in [-0.1, -0.05) is 48.5 Å². The quantitative estimate of drug-likeness (QED) is 0.364. The topological polar surface area (TPSA) is 112 Å². The van der Waals surface area contributed by atoms with Gasteiger partial charge in [-0.2, -0.15) is 0 Å². The molecular weight excluding hydrogens is 472 g/mol. The first-order valence-corrected chi connectivity index (χ1v) is 13.0. The van der Waals surface area contributed by atoms with Crippen molar-refractivity contribution >= 4 is 33.5 Å². The zero-order valence-corrected chi connectivity index (χ0v) is 20.4. The molecule has 6 rings (SSSR count). The molecule has 182 valence electrons. The Kier molecular flexibility index (Phi) is 5.96. The summed E-state index contributed by atoms with van der Waals surface area (Å²) in [5.74, 6) is 1.68. The highest BCUT2D eigenvalue weighted by Crippen LogP contribution is 2.32. The number of nitrogens with zero attached hydrogens (tertiary/aromatic N) is 5. The van der Waals surface area contributed by atoms with E-state index < -0.39 is 11.3 Å². The van der Waals surface area contributed by atoms with E-state index in [1.807, 2.05) is 40.9 Å². The van der Waals surface area contributed by atoms with E-state index in [1.54, 1.807) is 6.20 Å². The lowest BCUT2D eigenvalue weighted by Gasteiger charge is -2.32. The number of aromatic nitrogens is 4. The molecule has 1 fully saturated rings. The molecule has 0 bridgehead atoms. The van der Waals surface area contributed by atoms with E-state index >= 15 is 0 Å². The fourth-order valence-electron chi connectivity index (χ4n) is 5.03. The lowest BCUT2D eigenvalue weighted by molar-refractivity contribution is 0.264. The zero-order chi connectivity index (χ0) is 24.6. The molecule has 3 aromatic heterocycles. The number of rotatable bonds is 5. The second kappa shape index (κ2) is 9.42. The molecule has 0 spiro atoms. The molecule has 0 aliphatic carbocycles. The summed E-state index contributed by atoms with van der Waals surface area (Å²) in [6, 6.07) is 20.4. The van der Waals surface area contributed by atoms with E-state index in [4.69, 9.17) is 15.7 Å². The molecule has 0 radical (unpaired) electrons. The van der Waals surface area contributed by atoms with E-state index in [1.165, 1.54) is 4.31 Å². The molecule has 8 nitrogen and oxygen atoms in total. The van der Waals surface area contributed by atoms with Gasteiger partial charge >= 0.3 is 0 Å². The second-order valence-corrected chi connectivity index (χ2v) is 10.1. The zero-order valence-electron chi connectivity index (χ0n) is 19.6. The number of imidazole rings is 1. The summed E-state index contributed by atoms with van der Waals surface area (Å²) in [5.41, 5.74) is 11.7. The fourth-order valence-corrected chi connectivity index (χ4v) is 5.53. The molecule has 4 heterocycles. The van der Waals surface area contributed by atoms with Gasteiger partial charge in [-0.05, 0) is 30.9 Å². The Hall–Kier alpha value is -3.66. The van der Waals surface area contributed by atoms with E-state index in [0.29, 0.717) is 24.8 Å². The highest BCUT2D eigenvalue weighted by molar-refractivity contribution is 7.76. The predicted molar refractivity (Wildman–Crippen MR) is 140 cm³/mol. The molecule has 0 amide bonds. The summed E-state index contributed by atoms with van der Waals surface area (Å²) in [7, 11) is 0. The largest absolute Gasteiger partial charge is 0.760 e. The van der Waals surface area contributed by atoms with Crippen molar-refractivity contribution < 1.29 is 8.76 Å². The minimum atomic E-state index is -2.15. The van der Waals surface area contributed by atoms with Crippen molar-refractivity contribution in [1.82, 2.24) is 23.7 Å². The summed E-state index contributed by atoms with van der Waals surface area (Å²) in [6.45, 7) is 1.08. The van der Waals surface area contributed by atoms with Gasteiger partial charge in [0.15, 0.2) is 0 Å². The van der Waals surface area contributed by atoms with Crippen LogP contribution in [0.3, 0.4) is 0 Å². The molecule has 0 saturated carbocycles. The maximum absolute atomic E-state index is 11.3. The highest BCUT2D eigenvalue weighted by Gasteiger charge is 2.23. The summed E-state index contributed by atoms with van der Waals surface area (Å²) >= 11 is -2.15. The van der Waals surface area contributed by atoms with Gasteiger partial charge in [0.1, 0.15) is 22.9 Å². The van der Waals surface area contributed by atoms with Gasteiger partial charge < -0.3 is 10.3 Å². The summed E-state index contributed by atoms with van der Waals surface area (Å²) in [4.78, 5) is 14.3. The van der Waals surface area contributed by atoms with Crippen molar-refractivity contribution in [3.05, 3.63) is 78.9 Å². The van der Waals surface area contributed by atoms with Crippen LogP contribution in [0.1, 0.15) is 18.7 Å². The average molecular weight is 498 g/mol. The number of hydrogen-bond acceptors (Lipinski definition) is 6. The van der Waals surface area contributed by atoms with Crippen LogP contribution < -0.4 is 5.73 Å². The van der Waals surface area contributed by atoms with E-state index in [-0.39, 0.29) is 0 Å². The van der Waals surface area contributed by atoms with Crippen molar-refractivity contribution in [2.75, 3.05) is 18.8 Å². The van der Waals surface area contributed by atoms with Gasteiger partial charge in [0, 0.05) is 59.7 Å². The lowest BCUT2D eigenvalue weighted by atomic mass is 9.94. The van der Waals surface area contributed by atoms with Crippen LogP contribution in [-0.2, 0) is 17.7 Å². The number of nitrogens with two attached hydrogens (primary N) is 1. The molecule has 1 unspecified atom stereocenters. The number of fused-ring (bicyclic) bond motifs is 2. The molecule has 1 aliphatic rings. The molecule has 2 N–H and O–H groups in total. The van der Waals surface area contributed by atoms with Crippen LogP contribution in [0.5, 0.6) is 0 Å². The molecule has 5 aromatic rings. The SMILES string of the molecule is Nc1nccn2c(CC3CCN(S(=O)[O-])CC3)nc(-c3ccc4ccc(-c5ccccc5)nc4c3)c12. The Balaban J connectivity index is 1.38. The van der Waals surface area contributed by atoms with Crippen LogP contribution in [0.25, 0.3) is 38.9 Å². The number of hydrogen-bond donors (Lipinski definition) is 1. The second-order valence-electron chi connectivity index (χ2n) is 9.17. The third-order valence-corrected chi connectivity index (χ3v) is 7.73. The molecular formula is C27H25N6O2S-.